The molecule has 2 amide bonds. The zero-order valence-electron chi connectivity index (χ0n) is 14.1. The molecule has 0 spiro atoms. The Morgan fingerprint density at radius 3 is 2.11 bits per heavy atom. The number of nitro groups is 1. The zero-order valence-corrected chi connectivity index (χ0v) is 14.1. The number of hydrogen-bond acceptors (Lipinski definition) is 7. The summed E-state index contributed by atoms with van der Waals surface area (Å²) in [5.41, 5.74) is 4.77. The second-order valence-corrected chi connectivity index (χ2v) is 5.11. The van der Waals surface area contributed by atoms with E-state index in [1.165, 1.54) is 55.6 Å². The lowest BCUT2D eigenvalue weighted by Crippen LogP contribution is -2.43. The van der Waals surface area contributed by atoms with E-state index < -0.39 is 29.3 Å². The highest BCUT2D eigenvalue weighted by atomic mass is 16.6. The molecule has 0 radical (unpaired) electrons. The first kappa shape index (κ1) is 19.4. The number of carbonyl (C=O) groups excluding carboxylic acids is 3. The van der Waals surface area contributed by atoms with E-state index in [2.05, 4.69) is 15.6 Å². The van der Waals surface area contributed by atoms with Crippen molar-refractivity contribution in [2.24, 2.45) is 0 Å². The summed E-state index contributed by atoms with van der Waals surface area (Å²) in [6.45, 7) is -0.403. The fourth-order valence-electron chi connectivity index (χ4n) is 1.92. The summed E-state index contributed by atoms with van der Waals surface area (Å²) in [5, 5.41) is 10.5. The smallest absolute Gasteiger partial charge is 0.337 e. The Morgan fingerprint density at radius 2 is 1.56 bits per heavy atom. The molecule has 0 heterocycles. The topological polar surface area (TPSA) is 137 Å². The first-order valence-corrected chi connectivity index (χ1v) is 7.55. The van der Waals surface area contributed by atoms with E-state index in [4.69, 9.17) is 4.74 Å². The SMILES string of the molecule is COC(=O)c1ccc(C(=O)NNC(=O)COc2ccc([N+](=O)[O-])cc2)cc1. The second-order valence-electron chi connectivity index (χ2n) is 5.11. The standard InChI is InChI=1S/C17H15N3O7/c1-26-17(23)12-4-2-11(3-5-12)16(22)19-18-15(21)10-27-14-8-6-13(7-9-14)20(24)25/h2-9H,10H2,1H3,(H,18,21)(H,19,22). The van der Waals surface area contributed by atoms with Crippen LogP contribution in [0.4, 0.5) is 5.69 Å². The molecule has 2 aromatic carbocycles. The Hall–Kier alpha value is -3.95. The molecule has 140 valence electrons. The molecule has 0 aliphatic rings. The van der Waals surface area contributed by atoms with E-state index in [0.717, 1.165) is 0 Å². The van der Waals surface area contributed by atoms with Crippen molar-refractivity contribution < 1.29 is 28.8 Å². The Balaban J connectivity index is 1.80. The predicted octanol–water partition coefficient (Wildman–Crippen LogP) is 1.22. The summed E-state index contributed by atoms with van der Waals surface area (Å²) in [7, 11) is 1.25. The third kappa shape index (κ3) is 5.53. The molecule has 27 heavy (non-hydrogen) atoms. The average molecular weight is 373 g/mol. The van der Waals surface area contributed by atoms with Crippen LogP contribution in [0.2, 0.25) is 0 Å². The quantitative estimate of drug-likeness (QED) is 0.441. The minimum atomic E-state index is -0.632. The van der Waals surface area contributed by atoms with Crippen molar-refractivity contribution in [3.05, 3.63) is 69.8 Å². The third-order valence-electron chi connectivity index (χ3n) is 3.30. The number of nitro benzene ring substituents is 1. The van der Waals surface area contributed by atoms with E-state index >= 15 is 0 Å². The van der Waals surface area contributed by atoms with Gasteiger partial charge in [0.15, 0.2) is 6.61 Å². The Kier molecular flexibility index (Phi) is 6.42. The average Bonchev–Trinajstić information content (AvgIpc) is 2.70. The summed E-state index contributed by atoms with van der Waals surface area (Å²) in [5.74, 6) is -1.48. The molecule has 2 rings (SSSR count). The number of nitrogens with zero attached hydrogens (tertiary/aromatic N) is 1. The van der Waals surface area contributed by atoms with Crippen molar-refractivity contribution in [3.63, 3.8) is 0 Å². The van der Waals surface area contributed by atoms with Gasteiger partial charge in [-0.1, -0.05) is 0 Å². The second kappa shape index (κ2) is 8.94. The lowest BCUT2D eigenvalue weighted by atomic mass is 10.1. The maximum atomic E-state index is 11.9. The van der Waals surface area contributed by atoms with Crippen molar-refractivity contribution in [3.8, 4) is 5.75 Å². The summed E-state index contributed by atoms with van der Waals surface area (Å²) >= 11 is 0. The van der Waals surface area contributed by atoms with Crippen molar-refractivity contribution in [2.75, 3.05) is 13.7 Å². The Morgan fingerprint density at radius 1 is 0.963 bits per heavy atom. The molecule has 0 fully saturated rings. The maximum absolute atomic E-state index is 11.9. The van der Waals surface area contributed by atoms with Crippen LogP contribution in [-0.4, -0.2) is 36.4 Å². The van der Waals surface area contributed by atoms with Gasteiger partial charge in [-0.05, 0) is 36.4 Å². The molecule has 0 bridgehead atoms. The van der Waals surface area contributed by atoms with Gasteiger partial charge >= 0.3 is 5.97 Å². The number of amides is 2. The number of hydrogen-bond donors (Lipinski definition) is 2. The van der Waals surface area contributed by atoms with Gasteiger partial charge in [0.05, 0.1) is 17.6 Å². The highest BCUT2D eigenvalue weighted by Gasteiger charge is 2.11. The van der Waals surface area contributed by atoms with Gasteiger partial charge in [0.1, 0.15) is 5.75 Å². The van der Waals surface area contributed by atoms with Crippen LogP contribution in [-0.2, 0) is 9.53 Å². The lowest BCUT2D eigenvalue weighted by Gasteiger charge is -2.09. The van der Waals surface area contributed by atoms with Crippen molar-refractivity contribution in [2.45, 2.75) is 0 Å². The minimum Gasteiger partial charge on any atom is -0.484 e. The zero-order chi connectivity index (χ0) is 19.8. The largest absolute Gasteiger partial charge is 0.484 e. The van der Waals surface area contributed by atoms with Gasteiger partial charge in [0, 0.05) is 17.7 Å². The van der Waals surface area contributed by atoms with E-state index in [9.17, 15) is 24.5 Å². The fourth-order valence-corrected chi connectivity index (χ4v) is 1.92. The molecule has 0 saturated heterocycles. The van der Waals surface area contributed by atoms with Crippen LogP contribution >= 0.6 is 0 Å². The third-order valence-corrected chi connectivity index (χ3v) is 3.30. The van der Waals surface area contributed by atoms with Crippen LogP contribution in [0.1, 0.15) is 20.7 Å². The van der Waals surface area contributed by atoms with Crippen molar-refractivity contribution >= 4 is 23.5 Å². The molecule has 10 nitrogen and oxygen atoms in total. The molecule has 0 saturated carbocycles. The highest BCUT2D eigenvalue weighted by molar-refractivity contribution is 5.97. The lowest BCUT2D eigenvalue weighted by molar-refractivity contribution is -0.384. The molecule has 0 aliphatic carbocycles. The van der Waals surface area contributed by atoms with Crippen LogP contribution < -0.4 is 15.6 Å². The van der Waals surface area contributed by atoms with Crippen LogP contribution in [0.15, 0.2) is 48.5 Å². The summed E-state index contributed by atoms with van der Waals surface area (Å²) in [4.78, 5) is 44.9. The molecule has 0 unspecified atom stereocenters. The molecule has 10 heteroatoms. The Labute approximate surface area is 153 Å². The van der Waals surface area contributed by atoms with Crippen LogP contribution in [0.5, 0.6) is 5.75 Å². The van der Waals surface area contributed by atoms with Gasteiger partial charge in [0.2, 0.25) is 0 Å². The monoisotopic (exact) mass is 373 g/mol. The highest BCUT2D eigenvalue weighted by Crippen LogP contribution is 2.17. The van der Waals surface area contributed by atoms with E-state index in [-0.39, 0.29) is 22.6 Å². The number of carbonyl (C=O) groups is 3. The predicted molar refractivity (Wildman–Crippen MR) is 92.0 cm³/mol. The molecule has 2 N–H and O–H groups in total. The summed E-state index contributed by atoms with van der Waals surface area (Å²) < 4.78 is 9.71. The van der Waals surface area contributed by atoms with Crippen LogP contribution in [0.25, 0.3) is 0 Å². The van der Waals surface area contributed by atoms with Crippen LogP contribution in [0.3, 0.4) is 0 Å². The normalized spacial score (nSPS) is 9.81. The van der Waals surface area contributed by atoms with Gasteiger partial charge in [0.25, 0.3) is 17.5 Å². The number of esters is 1. The van der Waals surface area contributed by atoms with Gasteiger partial charge < -0.3 is 9.47 Å². The molecule has 0 aliphatic heterocycles. The first-order valence-electron chi connectivity index (χ1n) is 7.55. The number of methoxy groups -OCH3 is 1. The number of rotatable bonds is 6. The van der Waals surface area contributed by atoms with Crippen molar-refractivity contribution in [1.82, 2.24) is 10.9 Å². The molecule has 2 aromatic rings. The first-order chi connectivity index (χ1) is 12.9. The van der Waals surface area contributed by atoms with Crippen molar-refractivity contribution in [1.29, 1.82) is 0 Å². The van der Waals surface area contributed by atoms with E-state index in [1.54, 1.807) is 0 Å². The van der Waals surface area contributed by atoms with E-state index in [1.807, 2.05) is 0 Å². The fraction of sp³-hybridized carbons (Fsp3) is 0.118. The number of non-ortho nitro benzene ring substituents is 1. The number of benzene rings is 2. The minimum absolute atomic E-state index is 0.0997. The molecule has 0 atom stereocenters. The molecular weight excluding hydrogens is 358 g/mol. The van der Waals surface area contributed by atoms with Gasteiger partial charge in [-0.2, -0.15) is 0 Å². The summed E-state index contributed by atoms with van der Waals surface area (Å²) in [6, 6.07) is 10.8. The van der Waals surface area contributed by atoms with Gasteiger partial charge in [-0.3, -0.25) is 30.6 Å². The number of hydrazine groups is 1. The maximum Gasteiger partial charge on any atom is 0.337 e. The number of ether oxygens (including phenoxy) is 2. The Bertz CT molecular complexity index is 848. The summed E-state index contributed by atoms with van der Waals surface area (Å²) in [6.07, 6.45) is 0. The van der Waals surface area contributed by atoms with Crippen LogP contribution in [0, 0.1) is 10.1 Å². The van der Waals surface area contributed by atoms with Gasteiger partial charge in [-0.15, -0.1) is 0 Å². The number of nitrogens with one attached hydrogen (secondary N) is 2. The molecule has 0 aromatic heterocycles. The van der Waals surface area contributed by atoms with Gasteiger partial charge in [-0.25, -0.2) is 4.79 Å². The molecular formula is C17H15N3O7. The van der Waals surface area contributed by atoms with E-state index in [0.29, 0.717) is 0 Å².